The number of esters is 1. The zero-order valence-corrected chi connectivity index (χ0v) is 15.8. The minimum atomic E-state index is -0.457. The lowest BCUT2D eigenvalue weighted by Crippen LogP contribution is -2.15. The largest absolute Gasteiger partial charge is 0.465 e. The van der Waals surface area contributed by atoms with Crippen LogP contribution in [-0.2, 0) is 4.74 Å². The Hall–Kier alpha value is -4.25. The fraction of sp³-hybridized carbons (Fsp3) is 0.0952. The number of hydrogen-bond donors (Lipinski definition) is 2. The van der Waals surface area contributed by atoms with Crippen LogP contribution in [-0.4, -0.2) is 29.0 Å². The predicted octanol–water partition coefficient (Wildman–Crippen LogP) is 3.44. The van der Waals surface area contributed by atoms with E-state index in [0.717, 1.165) is 0 Å². The van der Waals surface area contributed by atoms with Gasteiger partial charge in [0.25, 0.3) is 5.91 Å². The zero-order chi connectivity index (χ0) is 20.8. The van der Waals surface area contributed by atoms with Gasteiger partial charge in [0, 0.05) is 17.1 Å². The Morgan fingerprint density at radius 3 is 2.48 bits per heavy atom. The molecule has 2 N–H and O–H groups in total. The molecule has 1 aromatic heterocycles. The summed E-state index contributed by atoms with van der Waals surface area (Å²) in [6, 6.07) is 16.8. The molecule has 0 unspecified atom stereocenters. The topological polar surface area (TPSA) is 117 Å². The lowest BCUT2D eigenvalue weighted by molar-refractivity contribution is 0.0600. The highest BCUT2D eigenvalue weighted by molar-refractivity contribution is 6.03. The number of carbonyl (C=O) groups is 2. The van der Waals surface area contributed by atoms with Gasteiger partial charge in [-0.1, -0.05) is 6.07 Å². The fourth-order valence-corrected chi connectivity index (χ4v) is 2.53. The predicted molar refractivity (Wildman–Crippen MR) is 107 cm³/mol. The van der Waals surface area contributed by atoms with E-state index in [9.17, 15) is 9.59 Å². The van der Waals surface area contributed by atoms with Gasteiger partial charge < -0.3 is 15.4 Å². The maximum Gasteiger partial charge on any atom is 0.337 e. The van der Waals surface area contributed by atoms with Crippen LogP contribution in [0.4, 0.5) is 17.3 Å². The Bertz CT molecular complexity index is 1100. The molecule has 2 aromatic carbocycles. The third kappa shape index (κ3) is 4.93. The minimum Gasteiger partial charge on any atom is -0.465 e. The summed E-state index contributed by atoms with van der Waals surface area (Å²) >= 11 is 0. The van der Waals surface area contributed by atoms with Crippen molar-refractivity contribution in [3.63, 3.8) is 0 Å². The number of aromatic nitrogens is 2. The minimum absolute atomic E-state index is 0.175. The second kappa shape index (κ2) is 8.63. The van der Waals surface area contributed by atoms with Gasteiger partial charge in [0.05, 0.1) is 24.3 Å². The number of amides is 1. The number of benzene rings is 2. The molecule has 0 saturated carbocycles. The average Bonchev–Trinajstić information content (AvgIpc) is 2.73. The smallest absolute Gasteiger partial charge is 0.337 e. The molecular formula is C21H17N5O3. The van der Waals surface area contributed by atoms with Gasteiger partial charge in [-0.05, 0) is 55.5 Å². The summed E-state index contributed by atoms with van der Waals surface area (Å²) < 4.78 is 4.71. The van der Waals surface area contributed by atoms with Crippen molar-refractivity contribution in [1.82, 2.24) is 9.97 Å². The van der Waals surface area contributed by atoms with Gasteiger partial charge in [0.15, 0.2) is 0 Å². The van der Waals surface area contributed by atoms with Crippen LogP contribution >= 0.6 is 0 Å². The lowest BCUT2D eigenvalue weighted by atomic mass is 10.2. The first kappa shape index (κ1) is 19.5. The molecule has 0 atom stereocenters. The van der Waals surface area contributed by atoms with Crippen molar-refractivity contribution < 1.29 is 14.3 Å². The maximum atomic E-state index is 12.6. The van der Waals surface area contributed by atoms with E-state index in [2.05, 4.69) is 20.6 Å². The van der Waals surface area contributed by atoms with Crippen LogP contribution < -0.4 is 10.6 Å². The highest BCUT2D eigenvalue weighted by atomic mass is 16.5. The van der Waals surface area contributed by atoms with Crippen molar-refractivity contribution in [3.8, 4) is 6.07 Å². The third-order valence-corrected chi connectivity index (χ3v) is 3.90. The number of ether oxygens (including phenoxy) is 1. The number of aryl methyl sites for hydroxylation is 1. The van der Waals surface area contributed by atoms with E-state index < -0.39 is 11.9 Å². The van der Waals surface area contributed by atoms with Gasteiger partial charge in [-0.15, -0.1) is 0 Å². The number of nitriles is 1. The Morgan fingerprint density at radius 1 is 1.03 bits per heavy atom. The summed E-state index contributed by atoms with van der Waals surface area (Å²) in [6.45, 7) is 1.75. The normalized spacial score (nSPS) is 9.97. The lowest BCUT2D eigenvalue weighted by Gasteiger charge is -2.10. The number of nitrogens with zero attached hydrogens (tertiary/aromatic N) is 3. The summed E-state index contributed by atoms with van der Waals surface area (Å²) in [6.07, 6.45) is 0. The van der Waals surface area contributed by atoms with E-state index >= 15 is 0 Å². The molecule has 0 bridgehead atoms. The highest BCUT2D eigenvalue weighted by Crippen LogP contribution is 2.17. The number of rotatable bonds is 5. The van der Waals surface area contributed by atoms with E-state index in [1.54, 1.807) is 61.5 Å². The molecule has 0 radical (unpaired) electrons. The molecule has 0 aliphatic carbocycles. The number of carbonyl (C=O) groups excluding carboxylic acids is 2. The number of hydrogen-bond acceptors (Lipinski definition) is 7. The van der Waals surface area contributed by atoms with Crippen molar-refractivity contribution in [1.29, 1.82) is 5.26 Å². The SMILES string of the molecule is COC(=O)c1cccc(Nc2nc(C)cc(C(=O)Nc3ccc(C#N)cc3)n2)c1. The van der Waals surface area contributed by atoms with E-state index in [4.69, 9.17) is 10.00 Å². The van der Waals surface area contributed by atoms with Crippen molar-refractivity contribution in [3.05, 3.63) is 77.1 Å². The van der Waals surface area contributed by atoms with Crippen LogP contribution in [0.1, 0.15) is 32.1 Å². The summed E-state index contributed by atoms with van der Waals surface area (Å²) in [5.41, 5.74) is 2.78. The van der Waals surface area contributed by atoms with E-state index in [1.807, 2.05) is 6.07 Å². The molecule has 144 valence electrons. The van der Waals surface area contributed by atoms with Gasteiger partial charge in [-0.2, -0.15) is 5.26 Å². The van der Waals surface area contributed by atoms with Crippen LogP contribution in [0.3, 0.4) is 0 Å². The molecule has 0 spiro atoms. The Balaban J connectivity index is 1.79. The standard InChI is InChI=1S/C21H17N5O3/c1-13-10-18(19(27)24-16-8-6-14(12-22)7-9-16)26-21(23-13)25-17-5-3-4-15(11-17)20(28)29-2/h3-11H,1-2H3,(H,24,27)(H,23,25,26). The Morgan fingerprint density at radius 2 is 1.79 bits per heavy atom. The van der Waals surface area contributed by atoms with Crippen LogP contribution in [0.25, 0.3) is 0 Å². The molecule has 1 heterocycles. The first-order chi connectivity index (χ1) is 14.0. The monoisotopic (exact) mass is 387 g/mol. The van der Waals surface area contributed by atoms with Crippen LogP contribution in [0.15, 0.2) is 54.6 Å². The molecular weight excluding hydrogens is 370 g/mol. The molecule has 3 aromatic rings. The Labute approximate surface area is 167 Å². The number of methoxy groups -OCH3 is 1. The van der Waals surface area contributed by atoms with E-state index in [0.29, 0.717) is 28.2 Å². The van der Waals surface area contributed by atoms with Crippen LogP contribution in [0.2, 0.25) is 0 Å². The molecule has 0 saturated heterocycles. The van der Waals surface area contributed by atoms with Gasteiger partial charge >= 0.3 is 5.97 Å². The summed E-state index contributed by atoms with van der Waals surface area (Å²) in [4.78, 5) is 32.8. The number of nitrogens with one attached hydrogen (secondary N) is 2. The van der Waals surface area contributed by atoms with Crippen molar-refractivity contribution in [2.45, 2.75) is 6.92 Å². The quantitative estimate of drug-likeness (QED) is 0.644. The first-order valence-electron chi connectivity index (χ1n) is 8.61. The third-order valence-electron chi connectivity index (χ3n) is 3.90. The highest BCUT2D eigenvalue weighted by Gasteiger charge is 2.12. The van der Waals surface area contributed by atoms with Crippen molar-refractivity contribution in [2.75, 3.05) is 17.7 Å². The van der Waals surface area contributed by atoms with Gasteiger partial charge in [0.1, 0.15) is 5.69 Å². The number of anilines is 3. The Kier molecular flexibility index (Phi) is 5.80. The first-order valence-corrected chi connectivity index (χ1v) is 8.61. The van der Waals surface area contributed by atoms with Crippen molar-refractivity contribution in [2.24, 2.45) is 0 Å². The van der Waals surface area contributed by atoms with E-state index in [1.165, 1.54) is 7.11 Å². The van der Waals surface area contributed by atoms with Gasteiger partial charge in [-0.3, -0.25) is 4.79 Å². The molecule has 29 heavy (non-hydrogen) atoms. The van der Waals surface area contributed by atoms with E-state index in [-0.39, 0.29) is 11.6 Å². The maximum absolute atomic E-state index is 12.6. The summed E-state index contributed by atoms with van der Waals surface area (Å²) in [5.74, 6) is -0.648. The van der Waals surface area contributed by atoms with Gasteiger partial charge in [-0.25, -0.2) is 14.8 Å². The molecule has 1 amide bonds. The molecule has 0 fully saturated rings. The molecule has 8 nitrogen and oxygen atoms in total. The van der Waals surface area contributed by atoms with Gasteiger partial charge in [0.2, 0.25) is 5.95 Å². The second-order valence-corrected chi connectivity index (χ2v) is 6.06. The van der Waals surface area contributed by atoms with Crippen LogP contribution in [0.5, 0.6) is 0 Å². The van der Waals surface area contributed by atoms with Crippen molar-refractivity contribution >= 4 is 29.2 Å². The summed E-state index contributed by atoms with van der Waals surface area (Å²) in [7, 11) is 1.31. The fourth-order valence-electron chi connectivity index (χ4n) is 2.53. The molecule has 8 heteroatoms. The molecule has 3 rings (SSSR count). The second-order valence-electron chi connectivity index (χ2n) is 6.06. The summed E-state index contributed by atoms with van der Waals surface area (Å²) in [5, 5.41) is 14.6. The van der Waals surface area contributed by atoms with Crippen LogP contribution in [0, 0.1) is 18.3 Å². The molecule has 0 aliphatic rings. The average molecular weight is 387 g/mol. The zero-order valence-electron chi connectivity index (χ0n) is 15.8. The molecule has 0 aliphatic heterocycles.